The number of nitrogens with one attached hydrogen (secondary N) is 1. The Morgan fingerprint density at radius 2 is 1.86 bits per heavy atom. The molecular formula is C32H41N3O. The van der Waals surface area contributed by atoms with Gasteiger partial charge in [0.25, 0.3) is 0 Å². The first-order valence-electron chi connectivity index (χ1n) is 13.8. The maximum Gasteiger partial charge on any atom is 0.226 e. The maximum absolute atomic E-state index is 12.2. The summed E-state index contributed by atoms with van der Waals surface area (Å²) in [5.41, 5.74) is 8.01. The van der Waals surface area contributed by atoms with Crippen molar-refractivity contribution in [2.75, 3.05) is 36.4 Å². The largest absolute Gasteiger partial charge is 0.365 e. The van der Waals surface area contributed by atoms with Crippen molar-refractivity contribution in [3.8, 4) is 0 Å². The highest BCUT2D eigenvalue weighted by atomic mass is 16.1. The summed E-state index contributed by atoms with van der Waals surface area (Å²) >= 11 is 0. The molecule has 2 aromatic rings. The van der Waals surface area contributed by atoms with Gasteiger partial charge >= 0.3 is 0 Å². The number of fused-ring (bicyclic) bond motifs is 4. The number of hydrogen-bond donors (Lipinski definition) is 1. The molecule has 2 aliphatic heterocycles. The zero-order chi connectivity index (χ0) is 25.2. The summed E-state index contributed by atoms with van der Waals surface area (Å²) in [7, 11) is 0. The van der Waals surface area contributed by atoms with Gasteiger partial charge in [0.2, 0.25) is 5.91 Å². The fourth-order valence-corrected chi connectivity index (χ4v) is 6.26. The lowest BCUT2D eigenvalue weighted by Gasteiger charge is -2.39. The molecule has 2 atom stereocenters. The van der Waals surface area contributed by atoms with Crippen LogP contribution in [0.15, 0.2) is 66.3 Å². The molecule has 0 spiro atoms. The predicted octanol–water partition coefficient (Wildman–Crippen LogP) is 6.65. The highest BCUT2D eigenvalue weighted by Gasteiger charge is 2.31. The summed E-state index contributed by atoms with van der Waals surface area (Å²) < 4.78 is 0. The average molecular weight is 484 g/mol. The molecule has 4 heteroatoms. The van der Waals surface area contributed by atoms with Crippen LogP contribution in [0.4, 0.5) is 11.4 Å². The van der Waals surface area contributed by atoms with Crippen LogP contribution in [-0.4, -0.2) is 43.0 Å². The number of carbonyl (C=O) groups is 1. The molecule has 1 saturated heterocycles. The SMILES string of the molecule is CCN1c2ccccc2C2C=C(CN3CCC(c4cc(NC(=O)C(C)C)ccc4C)CC3)C=CC1C2. The van der Waals surface area contributed by atoms with Crippen molar-refractivity contribution in [2.24, 2.45) is 5.92 Å². The maximum atomic E-state index is 12.2. The van der Waals surface area contributed by atoms with Gasteiger partial charge in [-0.15, -0.1) is 0 Å². The standard InChI is InChI=1S/C32H41N3O/c1-5-35-28-13-11-24(18-26(19-28)29-8-6-7-9-31(29)35)21-34-16-14-25(15-17-34)30-20-27(12-10-23(30)4)33-32(36)22(2)3/h6-13,18,20,22,25-26,28H,5,14-17,19,21H2,1-4H3,(H,33,36). The first-order valence-corrected chi connectivity index (χ1v) is 13.8. The Morgan fingerprint density at radius 1 is 1.08 bits per heavy atom. The van der Waals surface area contributed by atoms with Gasteiger partial charge < -0.3 is 10.2 Å². The molecule has 1 amide bonds. The van der Waals surface area contributed by atoms with Crippen LogP contribution in [0.25, 0.3) is 0 Å². The van der Waals surface area contributed by atoms with E-state index in [0.717, 1.165) is 44.7 Å². The van der Waals surface area contributed by atoms with E-state index in [1.807, 2.05) is 19.9 Å². The number of likely N-dealkylation sites (N-methyl/N-ethyl adjacent to an activating group) is 1. The number of carbonyl (C=O) groups excluding carboxylic acids is 1. The minimum absolute atomic E-state index is 0.0108. The number of aryl methyl sites for hydroxylation is 1. The second-order valence-electron chi connectivity index (χ2n) is 11.1. The van der Waals surface area contributed by atoms with E-state index in [1.54, 1.807) is 0 Å². The number of rotatable bonds is 6. The molecular weight excluding hydrogens is 442 g/mol. The fourth-order valence-electron chi connectivity index (χ4n) is 6.26. The molecule has 4 nitrogen and oxygen atoms in total. The normalized spacial score (nSPS) is 22.2. The van der Waals surface area contributed by atoms with Crippen LogP contribution in [0.3, 0.4) is 0 Å². The van der Waals surface area contributed by atoms with Gasteiger partial charge in [-0.2, -0.15) is 0 Å². The number of allylic oxidation sites excluding steroid dienone is 1. The van der Waals surface area contributed by atoms with E-state index < -0.39 is 0 Å². The lowest BCUT2D eigenvalue weighted by atomic mass is 9.85. The first-order chi connectivity index (χ1) is 17.4. The van der Waals surface area contributed by atoms with Crippen LogP contribution in [0.1, 0.15) is 68.6 Å². The number of piperidine rings is 1. The van der Waals surface area contributed by atoms with Crippen molar-refractivity contribution in [1.82, 2.24) is 4.90 Å². The monoisotopic (exact) mass is 483 g/mol. The Bertz CT molecular complexity index is 1160. The van der Waals surface area contributed by atoms with Crippen LogP contribution in [0.2, 0.25) is 0 Å². The molecule has 190 valence electrons. The highest BCUT2D eigenvalue weighted by molar-refractivity contribution is 5.92. The van der Waals surface area contributed by atoms with Gasteiger partial charge in [0, 0.05) is 42.3 Å². The summed E-state index contributed by atoms with van der Waals surface area (Å²) in [6.07, 6.45) is 10.9. The Hall–Kier alpha value is -2.85. The molecule has 2 unspecified atom stereocenters. The van der Waals surface area contributed by atoms with Gasteiger partial charge in [0.05, 0.1) is 0 Å². The van der Waals surface area contributed by atoms with E-state index in [2.05, 4.69) is 83.6 Å². The van der Waals surface area contributed by atoms with Crippen molar-refractivity contribution in [2.45, 2.75) is 64.8 Å². The molecule has 2 heterocycles. The fraction of sp³-hybridized carbons (Fsp3) is 0.469. The van der Waals surface area contributed by atoms with Crippen LogP contribution in [0, 0.1) is 12.8 Å². The lowest BCUT2D eigenvalue weighted by molar-refractivity contribution is -0.118. The third-order valence-corrected chi connectivity index (χ3v) is 8.33. The Labute approximate surface area is 217 Å². The number of anilines is 2. The highest BCUT2D eigenvalue weighted by Crippen LogP contribution is 2.41. The third kappa shape index (κ3) is 5.15. The molecule has 1 aliphatic carbocycles. The van der Waals surface area contributed by atoms with Crippen LogP contribution in [0.5, 0.6) is 0 Å². The molecule has 5 rings (SSSR count). The number of amides is 1. The molecule has 0 saturated carbocycles. The van der Waals surface area contributed by atoms with Crippen LogP contribution >= 0.6 is 0 Å². The number of benzene rings is 2. The lowest BCUT2D eigenvalue weighted by Crippen LogP contribution is -2.38. The second kappa shape index (κ2) is 10.6. The number of likely N-dealkylation sites (tertiary alicyclic amines) is 1. The summed E-state index contributed by atoms with van der Waals surface area (Å²) in [5.74, 6) is 1.13. The van der Waals surface area contributed by atoms with E-state index in [4.69, 9.17) is 0 Å². The summed E-state index contributed by atoms with van der Waals surface area (Å²) in [6, 6.07) is 15.9. The average Bonchev–Trinajstić information content (AvgIpc) is 3.06. The summed E-state index contributed by atoms with van der Waals surface area (Å²) in [6.45, 7) is 12.6. The van der Waals surface area contributed by atoms with Crippen molar-refractivity contribution < 1.29 is 4.79 Å². The van der Waals surface area contributed by atoms with E-state index in [1.165, 1.54) is 34.4 Å². The van der Waals surface area contributed by atoms with Crippen molar-refractivity contribution in [3.63, 3.8) is 0 Å². The topological polar surface area (TPSA) is 35.6 Å². The molecule has 2 aromatic carbocycles. The molecule has 0 aromatic heterocycles. The van der Waals surface area contributed by atoms with Crippen molar-refractivity contribution in [3.05, 3.63) is 83.0 Å². The molecule has 1 N–H and O–H groups in total. The Morgan fingerprint density at radius 3 is 2.61 bits per heavy atom. The van der Waals surface area contributed by atoms with E-state index in [-0.39, 0.29) is 11.8 Å². The smallest absolute Gasteiger partial charge is 0.226 e. The molecule has 0 radical (unpaired) electrons. The first kappa shape index (κ1) is 24.8. The second-order valence-corrected chi connectivity index (χ2v) is 11.1. The van der Waals surface area contributed by atoms with Gasteiger partial charge in [-0.25, -0.2) is 0 Å². The zero-order valence-corrected chi connectivity index (χ0v) is 22.3. The summed E-state index contributed by atoms with van der Waals surface area (Å²) in [4.78, 5) is 17.4. The van der Waals surface area contributed by atoms with Gasteiger partial charge in [-0.05, 0) is 92.6 Å². The van der Waals surface area contributed by atoms with E-state index >= 15 is 0 Å². The van der Waals surface area contributed by atoms with Gasteiger partial charge in [0.1, 0.15) is 0 Å². The van der Waals surface area contributed by atoms with E-state index in [9.17, 15) is 4.79 Å². The van der Waals surface area contributed by atoms with Crippen molar-refractivity contribution in [1.29, 1.82) is 0 Å². The Kier molecular flexibility index (Phi) is 7.34. The molecule has 2 bridgehead atoms. The minimum atomic E-state index is -0.0108. The number of para-hydroxylation sites is 1. The quantitative estimate of drug-likeness (QED) is 0.500. The number of nitrogens with zero attached hydrogens (tertiary/aromatic N) is 2. The minimum Gasteiger partial charge on any atom is -0.365 e. The van der Waals surface area contributed by atoms with Crippen LogP contribution in [-0.2, 0) is 4.79 Å². The Balaban J connectivity index is 1.25. The van der Waals surface area contributed by atoms with E-state index in [0.29, 0.717) is 17.9 Å². The molecule has 1 fully saturated rings. The van der Waals surface area contributed by atoms with Gasteiger partial charge in [0.15, 0.2) is 0 Å². The zero-order valence-electron chi connectivity index (χ0n) is 22.3. The summed E-state index contributed by atoms with van der Waals surface area (Å²) in [5, 5.41) is 3.08. The number of hydrogen-bond acceptors (Lipinski definition) is 3. The molecule has 36 heavy (non-hydrogen) atoms. The molecule has 3 aliphatic rings. The third-order valence-electron chi connectivity index (χ3n) is 8.33. The van der Waals surface area contributed by atoms with Gasteiger partial charge in [-0.3, -0.25) is 9.69 Å². The van der Waals surface area contributed by atoms with Crippen LogP contribution < -0.4 is 10.2 Å². The van der Waals surface area contributed by atoms with Crippen molar-refractivity contribution >= 4 is 17.3 Å². The van der Waals surface area contributed by atoms with Gasteiger partial charge in [-0.1, -0.05) is 56.3 Å². The predicted molar refractivity (Wildman–Crippen MR) is 151 cm³/mol.